The van der Waals surface area contributed by atoms with Gasteiger partial charge in [0.1, 0.15) is 0 Å². The average Bonchev–Trinajstić information content (AvgIpc) is 2.52. The number of anilines is 3. The van der Waals surface area contributed by atoms with Crippen LogP contribution in [0.15, 0.2) is 59.1 Å². The molecule has 0 radical (unpaired) electrons. The number of nitrogen functional groups attached to an aromatic ring is 1. The van der Waals surface area contributed by atoms with E-state index in [4.69, 9.17) is 11.0 Å². The van der Waals surface area contributed by atoms with E-state index in [1.165, 1.54) is 0 Å². The van der Waals surface area contributed by atoms with Crippen LogP contribution in [0.1, 0.15) is 5.56 Å². The van der Waals surface area contributed by atoms with E-state index in [1.807, 2.05) is 42.5 Å². The van der Waals surface area contributed by atoms with Crippen LogP contribution in [0.2, 0.25) is 0 Å². The molecule has 21 heavy (non-hydrogen) atoms. The number of benzene rings is 3. The smallest absolute Gasteiger partial charge is 0.0992 e. The topological polar surface area (TPSA) is 61.8 Å². The summed E-state index contributed by atoms with van der Waals surface area (Å²) in [7, 11) is 0. The highest BCUT2D eigenvalue weighted by Crippen LogP contribution is 2.36. The number of nitrogens with one attached hydrogen (secondary N) is 1. The van der Waals surface area contributed by atoms with E-state index in [2.05, 4.69) is 27.3 Å². The van der Waals surface area contributed by atoms with Gasteiger partial charge in [-0.1, -0.05) is 46.3 Å². The number of rotatable bonds is 2. The van der Waals surface area contributed by atoms with Gasteiger partial charge >= 0.3 is 0 Å². The molecule has 0 spiro atoms. The van der Waals surface area contributed by atoms with Crippen molar-refractivity contribution in [1.29, 1.82) is 5.26 Å². The first kappa shape index (κ1) is 13.5. The molecule has 0 saturated carbocycles. The molecule has 3 aromatic carbocycles. The molecule has 0 aliphatic carbocycles. The zero-order valence-corrected chi connectivity index (χ0v) is 12.7. The van der Waals surface area contributed by atoms with Gasteiger partial charge in [0.15, 0.2) is 0 Å². The highest BCUT2D eigenvalue weighted by molar-refractivity contribution is 9.10. The highest BCUT2D eigenvalue weighted by atomic mass is 79.9. The first-order valence-electron chi connectivity index (χ1n) is 6.43. The molecule has 0 aliphatic rings. The lowest BCUT2D eigenvalue weighted by Crippen LogP contribution is -1.98. The minimum Gasteiger partial charge on any atom is -0.397 e. The molecular weight excluding hydrogens is 326 g/mol. The Morgan fingerprint density at radius 3 is 2.52 bits per heavy atom. The summed E-state index contributed by atoms with van der Waals surface area (Å²) in [5, 5.41) is 14.3. The van der Waals surface area contributed by atoms with Crippen molar-refractivity contribution < 1.29 is 0 Å². The molecule has 102 valence electrons. The Hall–Kier alpha value is -2.51. The van der Waals surface area contributed by atoms with Crippen LogP contribution < -0.4 is 11.1 Å². The molecule has 3 N–H and O–H groups in total. The van der Waals surface area contributed by atoms with Crippen molar-refractivity contribution >= 4 is 43.8 Å². The second kappa shape index (κ2) is 5.47. The molecule has 3 nitrogen and oxygen atoms in total. The minimum atomic E-state index is 0.610. The minimum absolute atomic E-state index is 0.610. The number of nitrogens with two attached hydrogens (primary N) is 1. The maximum atomic E-state index is 8.96. The Bertz CT molecular complexity index is 866. The molecule has 0 heterocycles. The first-order valence-corrected chi connectivity index (χ1v) is 7.22. The fraction of sp³-hybridized carbons (Fsp3) is 0. The molecule has 0 bridgehead atoms. The van der Waals surface area contributed by atoms with Crippen LogP contribution in [0.25, 0.3) is 10.8 Å². The molecular formula is C17H12BrN3. The molecule has 0 saturated heterocycles. The average molecular weight is 338 g/mol. The van der Waals surface area contributed by atoms with E-state index >= 15 is 0 Å². The molecule has 0 aromatic heterocycles. The monoisotopic (exact) mass is 337 g/mol. The number of fused-ring (bicyclic) bond motifs is 1. The van der Waals surface area contributed by atoms with Gasteiger partial charge in [-0.3, -0.25) is 0 Å². The lowest BCUT2D eigenvalue weighted by molar-refractivity contribution is 1.47. The molecule has 0 atom stereocenters. The number of hydrogen-bond donors (Lipinski definition) is 2. The van der Waals surface area contributed by atoms with Gasteiger partial charge < -0.3 is 11.1 Å². The van der Waals surface area contributed by atoms with Crippen LogP contribution in [-0.4, -0.2) is 0 Å². The summed E-state index contributed by atoms with van der Waals surface area (Å²) in [6.45, 7) is 0. The normalized spacial score (nSPS) is 10.3. The van der Waals surface area contributed by atoms with Gasteiger partial charge in [0.05, 0.1) is 23.0 Å². The Morgan fingerprint density at radius 1 is 1.00 bits per heavy atom. The van der Waals surface area contributed by atoms with E-state index in [9.17, 15) is 0 Å². The summed E-state index contributed by atoms with van der Waals surface area (Å²) in [5.41, 5.74) is 9.21. The summed E-state index contributed by atoms with van der Waals surface area (Å²) < 4.78 is 0.978. The fourth-order valence-corrected chi connectivity index (χ4v) is 2.85. The number of halogens is 1. The van der Waals surface area contributed by atoms with Crippen molar-refractivity contribution in [3.8, 4) is 6.07 Å². The molecule has 0 amide bonds. The van der Waals surface area contributed by atoms with E-state index in [0.717, 1.165) is 26.6 Å². The molecule has 4 heteroatoms. The van der Waals surface area contributed by atoms with E-state index in [0.29, 0.717) is 11.3 Å². The van der Waals surface area contributed by atoms with E-state index in [1.54, 1.807) is 12.1 Å². The Balaban J connectivity index is 2.09. The van der Waals surface area contributed by atoms with Crippen LogP contribution in [0.3, 0.4) is 0 Å². The summed E-state index contributed by atoms with van der Waals surface area (Å²) in [6.07, 6.45) is 0. The van der Waals surface area contributed by atoms with Crippen molar-refractivity contribution in [3.63, 3.8) is 0 Å². The third-order valence-electron chi connectivity index (χ3n) is 3.31. The Kier molecular flexibility index (Phi) is 3.51. The van der Waals surface area contributed by atoms with Crippen molar-refractivity contribution in [1.82, 2.24) is 0 Å². The predicted octanol–water partition coefficient (Wildman–Crippen LogP) is 4.80. The van der Waals surface area contributed by atoms with Crippen LogP contribution >= 0.6 is 15.9 Å². The maximum absolute atomic E-state index is 8.96. The largest absolute Gasteiger partial charge is 0.397 e. The number of nitrogens with zero attached hydrogens (tertiary/aromatic N) is 1. The van der Waals surface area contributed by atoms with E-state index < -0.39 is 0 Å². The van der Waals surface area contributed by atoms with Gasteiger partial charge in [0.25, 0.3) is 0 Å². The van der Waals surface area contributed by atoms with Gasteiger partial charge in [-0.25, -0.2) is 0 Å². The van der Waals surface area contributed by atoms with Gasteiger partial charge in [-0.05, 0) is 29.7 Å². The second-order valence-electron chi connectivity index (χ2n) is 4.68. The summed E-state index contributed by atoms with van der Waals surface area (Å²) in [5.74, 6) is 0. The molecule has 3 aromatic rings. The van der Waals surface area contributed by atoms with Gasteiger partial charge in [0, 0.05) is 15.5 Å². The standard InChI is InChI=1S/C17H12BrN3/c18-15-9-16(17(20)14-7-2-1-6-13(14)15)21-12-5-3-4-11(8-12)10-19/h1-9,21H,20H2. The van der Waals surface area contributed by atoms with Crippen LogP contribution in [-0.2, 0) is 0 Å². The van der Waals surface area contributed by atoms with Gasteiger partial charge in [0.2, 0.25) is 0 Å². The van der Waals surface area contributed by atoms with Crippen LogP contribution in [0.4, 0.5) is 17.1 Å². The second-order valence-corrected chi connectivity index (χ2v) is 5.54. The molecule has 0 fully saturated rings. The third-order valence-corrected chi connectivity index (χ3v) is 3.96. The lowest BCUT2D eigenvalue weighted by atomic mass is 10.1. The predicted molar refractivity (Wildman–Crippen MR) is 90.5 cm³/mol. The molecule has 0 aliphatic heterocycles. The molecule has 3 rings (SSSR count). The van der Waals surface area contributed by atoms with Crippen molar-refractivity contribution in [2.75, 3.05) is 11.1 Å². The van der Waals surface area contributed by atoms with Crippen molar-refractivity contribution in [2.24, 2.45) is 0 Å². The summed E-state index contributed by atoms with van der Waals surface area (Å²) >= 11 is 3.58. The van der Waals surface area contributed by atoms with E-state index in [-0.39, 0.29) is 0 Å². The lowest BCUT2D eigenvalue weighted by Gasteiger charge is -2.13. The number of hydrogen-bond acceptors (Lipinski definition) is 3. The third kappa shape index (κ3) is 2.56. The Morgan fingerprint density at radius 2 is 1.76 bits per heavy atom. The molecule has 0 unspecified atom stereocenters. The summed E-state index contributed by atoms with van der Waals surface area (Å²) in [6, 6.07) is 19.4. The van der Waals surface area contributed by atoms with Crippen LogP contribution in [0, 0.1) is 11.3 Å². The van der Waals surface area contributed by atoms with Gasteiger partial charge in [-0.15, -0.1) is 0 Å². The van der Waals surface area contributed by atoms with Crippen molar-refractivity contribution in [2.45, 2.75) is 0 Å². The SMILES string of the molecule is N#Cc1cccc(Nc2cc(Br)c3ccccc3c2N)c1. The zero-order chi connectivity index (χ0) is 14.8. The quantitative estimate of drug-likeness (QED) is 0.660. The fourth-order valence-electron chi connectivity index (χ4n) is 2.28. The van der Waals surface area contributed by atoms with Gasteiger partial charge in [-0.2, -0.15) is 5.26 Å². The van der Waals surface area contributed by atoms with Crippen LogP contribution in [0.5, 0.6) is 0 Å². The summed E-state index contributed by atoms with van der Waals surface area (Å²) in [4.78, 5) is 0. The highest BCUT2D eigenvalue weighted by Gasteiger charge is 2.08. The maximum Gasteiger partial charge on any atom is 0.0992 e. The number of nitriles is 1. The Labute approximate surface area is 131 Å². The zero-order valence-electron chi connectivity index (χ0n) is 11.1. The first-order chi connectivity index (χ1) is 10.2. The van der Waals surface area contributed by atoms with Crippen molar-refractivity contribution in [3.05, 3.63) is 64.6 Å².